The summed E-state index contributed by atoms with van der Waals surface area (Å²) in [4.78, 5) is 23.8. The minimum Gasteiger partial charge on any atom is -0.497 e. The van der Waals surface area contributed by atoms with Crippen molar-refractivity contribution in [2.75, 3.05) is 19.0 Å². The third-order valence-corrected chi connectivity index (χ3v) is 3.46. The number of carbonyl (C=O) groups is 2. The first-order valence-corrected chi connectivity index (χ1v) is 7.44. The predicted molar refractivity (Wildman–Crippen MR) is 90.0 cm³/mol. The van der Waals surface area contributed by atoms with E-state index in [0.29, 0.717) is 16.3 Å². The van der Waals surface area contributed by atoms with Gasteiger partial charge < -0.3 is 15.4 Å². The molecule has 120 valence electrons. The molecule has 0 aliphatic carbocycles. The molecule has 0 aromatic heterocycles. The number of nitrogens with one attached hydrogen (secondary N) is 2. The zero-order chi connectivity index (χ0) is 16.7. The molecular weight excluding hydrogens is 316 g/mol. The fourth-order valence-electron chi connectivity index (χ4n) is 1.93. The van der Waals surface area contributed by atoms with Crippen molar-refractivity contribution in [2.45, 2.75) is 6.42 Å². The quantitative estimate of drug-likeness (QED) is 0.854. The SMILES string of the molecule is COc1ccc(NC(=O)CCNC(=O)c2ccccc2Cl)cc1. The van der Waals surface area contributed by atoms with Gasteiger partial charge in [-0.25, -0.2) is 0 Å². The lowest BCUT2D eigenvalue weighted by molar-refractivity contribution is -0.116. The predicted octanol–water partition coefficient (Wildman–Crippen LogP) is 3.11. The van der Waals surface area contributed by atoms with Crippen LogP contribution in [0.25, 0.3) is 0 Å². The minimum atomic E-state index is -0.298. The van der Waals surface area contributed by atoms with E-state index in [0.717, 1.165) is 5.75 Å². The maximum absolute atomic E-state index is 11.9. The number of ether oxygens (including phenoxy) is 1. The van der Waals surface area contributed by atoms with E-state index in [9.17, 15) is 9.59 Å². The van der Waals surface area contributed by atoms with Gasteiger partial charge in [0.1, 0.15) is 5.75 Å². The van der Waals surface area contributed by atoms with Gasteiger partial charge in [0.15, 0.2) is 0 Å². The van der Waals surface area contributed by atoms with Gasteiger partial charge in [-0.15, -0.1) is 0 Å². The minimum absolute atomic E-state index is 0.169. The number of anilines is 1. The van der Waals surface area contributed by atoms with Crippen molar-refractivity contribution in [3.05, 3.63) is 59.1 Å². The summed E-state index contributed by atoms with van der Waals surface area (Å²) in [6, 6.07) is 13.8. The molecule has 0 aliphatic rings. The van der Waals surface area contributed by atoms with Gasteiger partial charge in [-0.2, -0.15) is 0 Å². The van der Waals surface area contributed by atoms with Gasteiger partial charge in [0.05, 0.1) is 17.7 Å². The smallest absolute Gasteiger partial charge is 0.252 e. The normalized spacial score (nSPS) is 10.0. The number of halogens is 1. The molecule has 2 aromatic carbocycles. The van der Waals surface area contributed by atoms with E-state index in [-0.39, 0.29) is 24.8 Å². The van der Waals surface area contributed by atoms with E-state index in [1.165, 1.54) is 0 Å². The summed E-state index contributed by atoms with van der Waals surface area (Å²) in [5, 5.41) is 5.80. The lowest BCUT2D eigenvalue weighted by Crippen LogP contribution is -2.27. The maximum atomic E-state index is 11.9. The van der Waals surface area contributed by atoms with Crippen molar-refractivity contribution >= 4 is 29.1 Å². The highest BCUT2D eigenvalue weighted by molar-refractivity contribution is 6.33. The van der Waals surface area contributed by atoms with E-state index in [1.54, 1.807) is 55.6 Å². The molecule has 0 spiro atoms. The Kier molecular flexibility index (Phi) is 6.00. The molecule has 0 unspecified atom stereocenters. The summed E-state index contributed by atoms with van der Waals surface area (Å²) < 4.78 is 5.05. The van der Waals surface area contributed by atoms with Crippen LogP contribution in [0.1, 0.15) is 16.8 Å². The van der Waals surface area contributed by atoms with E-state index in [4.69, 9.17) is 16.3 Å². The van der Waals surface area contributed by atoms with Gasteiger partial charge in [0.2, 0.25) is 5.91 Å². The van der Waals surface area contributed by atoms with Crippen molar-refractivity contribution in [2.24, 2.45) is 0 Å². The summed E-state index contributed by atoms with van der Waals surface area (Å²) in [6.45, 7) is 0.228. The average molecular weight is 333 g/mol. The molecule has 2 N–H and O–H groups in total. The Morgan fingerprint density at radius 3 is 2.43 bits per heavy atom. The van der Waals surface area contributed by atoms with Crippen molar-refractivity contribution in [1.82, 2.24) is 5.32 Å². The molecule has 0 fully saturated rings. The number of hydrogen-bond donors (Lipinski definition) is 2. The first kappa shape index (κ1) is 16.8. The molecular formula is C17H17ClN2O3. The molecule has 0 aliphatic heterocycles. The largest absolute Gasteiger partial charge is 0.497 e. The number of carbonyl (C=O) groups excluding carboxylic acids is 2. The van der Waals surface area contributed by atoms with Crippen LogP contribution in [-0.2, 0) is 4.79 Å². The lowest BCUT2D eigenvalue weighted by atomic mass is 10.2. The highest BCUT2D eigenvalue weighted by Gasteiger charge is 2.09. The fourth-order valence-corrected chi connectivity index (χ4v) is 2.15. The van der Waals surface area contributed by atoms with E-state index in [2.05, 4.69) is 10.6 Å². The number of methoxy groups -OCH3 is 1. The molecule has 0 bridgehead atoms. The highest BCUT2D eigenvalue weighted by Crippen LogP contribution is 2.15. The summed E-state index contributed by atoms with van der Waals surface area (Å²) in [6.07, 6.45) is 0.169. The van der Waals surface area contributed by atoms with Crippen molar-refractivity contribution in [3.63, 3.8) is 0 Å². The molecule has 2 amide bonds. The Morgan fingerprint density at radius 1 is 1.09 bits per heavy atom. The molecule has 5 nitrogen and oxygen atoms in total. The number of amides is 2. The summed E-state index contributed by atoms with van der Waals surface area (Å²) in [7, 11) is 1.58. The van der Waals surface area contributed by atoms with Crippen LogP contribution in [0.5, 0.6) is 5.75 Å². The van der Waals surface area contributed by atoms with Crippen LogP contribution in [-0.4, -0.2) is 25.5 Å². The molecule has 6 heteroatoms. The Bertz CT molecular complexity index is 686. The third kappa shape index (κ3) is 5.00. The van der Waals surface area contributed by atoms with Gasteiger partial charge in [0.25, 0.3) is 5.91 Å². The van der Waals surface area contributed by atoms with Gasteiger partial charge in [-0.1, -0.05) is 23.7 Å². The Morgan fingerprint density at radius 2 is 1.78 bits per heavy atom. The zero-order valence-corrected chi connectivity index (χ0v) is 13.4. The molecule has 0 heterocycles. The average Bonchev–Trinajstić information content (AvgIpc) is 2.56. The van der Waals surface area contributed by atoms with E-state index >= 15 is 0 Å². The maximum Gasteiger partial charge on any atom is 0.252 e. The Hall–Kier alpha value is -2.53. The molecule has 0 radical (unpaired) electrons. The monoisotopic (exact) mass is 332 g/mol. The molecule has 23 heavy (non-hydrogen) atoms. The lowest BCUT2D eigenvalue weighted by Gasteiger charge is -2.08. The zero-order valence-electron chi connectivity index (χ0n) is 12.6. The molecule has 0 saturated carbocycles. The van der Waals surface area contributed by atoms with Crippen LogP contribution in [0.2, 0.25) is 5.02 Å². The first-order valence-electron chi connectivity index (χ1n) is 7.07. The number of rotatable bonds is 6. The molecule has 2 rings (SSSR count). The van der Waals surface area contributed by atoms with Crippen molar-refractivity contribution in [1.29, 1.82) is 0 Å². The fraction of sp³-hybridized carbons (Fsp3) is 0.176. The second-order valence-corrected chi connectivity index (χ2v) is 5.17. The van der Waals surface area contributed by atoms with Crippen LogP contribution in [0.15, 0.2) is 48.5 Å². The van der Waals surface area contributed by atoms with E-state index < -0.39 is 0 Å². The van der Waals surface area contributed by atoms with Gasteiger partial charge >= 0.3 is 0 Å². The summed E-state index contributed by atoms with van der Waals surface area (Å²) in [5.74, 6) is 0.234. The summed E-state index contributed by atoms with van der Waals surface area (Å²) in [5.41, 5.74) is 1.07. The Labute approximate surface area is 139 Å². The van der Waals surface area contributed by atoms with Crippen LogP contribution < -0.4 is 15.4 Å². The second kappa shape index (κ2) is 8.19. The highest BCUT2D eigenvalue weighted by atomic mass is 35.5. The Balaban J connectivity index is 1.78. The van der Waals surface area contributed by atoms with Crippen molar-refractivity contribution in [3.8, 4) is 5.75 Å². The molecule has 0 saturated heterocycles. The number of hydrogen-bond acceptors (Lipinski definition) is 3. The molecule has 0 atom stereocenters. The first-order chi connectivity index (χ1) is 11.1. The third-order valence-electron chi connectivity index (χ3n) is 3.13. The van der Waals surface area contributed by atoms with Crippen LogP contribution in [0, 0.1) is 0 Å². The standard InChI is InChI=1S/C17H17ClN2O3/c1-23-13-8-6-12(7-9-13)20-16(21)10-11-19-17(22)14-4-2-3-5-15(14)18/h2-9H,10-11H2,1H3,(H,19,22)(H,20,21). The van der Waals surface area contributed by atoms with Gasteiger partial charge in [0, 0.05) is 18.7 Å². The summed E-state index contributed by atoms with van der Waals surface area (Å²) >= 11 is 5.94. The van der Waals surface area contributed by atoms with Crippen molar-refractivity contribution < 1.29 is 14.3 Å². The molecule has 2 aromatic rings. The topological polar surface area (TPSA) is 67.4 Å². The van der Waals surface area contributed by atoms with Crippen LogP contribution in [0.4, 0.5) is 5.69 Å². The van der Waals surface area contributed by atoms with Gasteiger partial charge in [-0.3, -0.25) is 9.59 Å². The van der Waals surface area contributed by atoms with Gasteiger partial charge in [-0.05, 0) is 36.4 Å². The number of benzene rings is 2. The van der Waals surface area contributed by atoms with E-state index in [1.807, 2.05) is 0 Å². The van der Waals surface area contributed by atoms with Crippen LogP contribution in [0.3, 0.4) is 0 Å². The second-order valence-electron chi connectivity index (χ2n) is 4.76. The van der Waals surface area contributed by atoms with Crippen LogP contribution >= 0.6 is 11.6 Å².